The molecule has 4 amide bonds. The number of amidine groups is 1. The van der Waals surface area contributed by atoms with Crippen LogP contribution in [0.1, 0.15) is 30.0 Å². The van der Waals surface area contributed by atoms with Crippen LogP contribution in [0.2, 0.25) is 0 Å². The maximum atomic E-state index is 13.3. The Bertz CT molecular complexity index is 1120. The maximum absolute atomic E-state index is 13.3. The summed E-state index contributed by atoms with van der Waals surface area (Å²) < 4.78 is 5.18. The number of benzene rings is 2. The molecule has 2 aromatic carbocycles. The van der Waals surface area contributed by atoms with Gasteiger partial charge in [-0.1, -0.05) is 36.9 Å². The summed E-state index contributed by atoms with van der Waals surface area (Å²) in [5, 5.41) is 5.26. The van der Waals surface area contributed by atoms with E-state index in [0.29, 0.717) is 23.1 Å². The van der Waals surface area contributed by atoms with E-state index in [4.69, 9.17) is 4.74 Å². The van der Waals surface area contributed by atoms with E-state index in [1.54, 1.807) is 25.3 Å². The van der Waals surface area contributed by atoms with Gasteiger partial charge in [0, 0.05) is 6.54 Å². The van der Waals surface area contributed by atoms with Crippen LogP contribution < -0.4 is 20.3 Å². The molecule has 178 valence electrons. The third kappa shape index (κ3) is 6.48. The average Bonchev–Trinajstić information content (AvgIpc) is 3.11. The topological polar surface area (TPSA) is 100 Å². The Kier molecular flexibility index (Phi) is 8.48. The number of urea groups is 1. The van der Waals surface area contributed by atoms with Crippen molar-refractivity contribution in [1.29, 1.82) is 0 Å². The van der Waals surface area contributed by atoms with E-state index in [1.807, 2.05) is 51.1 Å². The highest BCUT2D eigenvalue weighted by atomic mass is 32.2. The number of imide groups is 1. The summed E-state index contributed by atoms with van der Waals surface area (Å²) >= 11 is 1.10. The fourth-order valence-corrected chi connectivity index (χ4v) is 4.15. The fraction of sp³-hybridized carbons (Fsp3) is 0.280. The zero-order valence-corrected chi connectivity index (χ0v) is 20.5. The number of carbonyl (C=O) groups excluding carboxylic acids is 3. The molecular weight excluding hydrogens is 452 g/mol. The molecule has 0 saturated heterocycles. The molecule has 0 spiro atoms. The van der Waals surface area contributed by atoms with E-state index in [2.05, 4.69) is 15.6 Å². The molecule has 0 fully saturated rings. The normalized spacial score (nSPS) is 14.2. The van der Waals surface area contributed by atoms with Gasteiger partial charge in [0.1, 0.15) is 11.4 Å². The predicted molar refractivity (Wildman–Crippen MR) is 136 cm³/mol. The lowest BCUT2D eigenvalue weighted by Gasteiger charge is -2.19. The third-order valence-electron chi connectivity index (χ3n) is 4.83. The van der Waals surface area contributed by atoms with Crippen LogP contribution in [0.5, 0.6) is 5.75 Å². The molecule has 0 unspecified atom stereocenters. The van der Waals surface area contributed by atoms with Gasteiger partial charge in [-0.25, -0.2) is 9.79 Å². The molecule has 1 heterocycles. The number of nitrogens with one attached hydrogen (secondary N) is 2. The van der Waals surface area contributed by atoms with Crippen molar-refractivity contribution in [2.45, 2.75) is 27.2 Å². The van der Waals surface area contributed by atoms with Crippen molar-refractivity contribution >= 4 is 46.5 Å². The SMILES string of the molecule is CCCNC(=O)NC(=O)CSC1=N/C(=C\c2ccc(OC)cc2)C(=O)N1c1cc(C)cc(C)c1. The van der Waals surface area contributed by atoms with Crippen molar-refractivity contribution in [2.24, 2.45) is 4.99 Å². The molecule has 1 aliphatic heterocycles. The van der Waals surface area contributed by atoms with Gasteiger partial charge in [-0.3, -0.25) is 19.8 Å². The number of aryl methyl sites for hydroxylation is 2. The fourth-order valence-electron chi connectivity index (χ4n) is 3.33. The van der Waals surface area contributed by atoms with Crippen LogP contribution >= 0.6 is 11.8 Å². The first kappa shape index (κ1) is 25.0. The number of hydrogen-bond acceptors (Lipinski definition) is 6. The van der Waals surface area contributed by atoms with Gasteiger partial charge in [0.2, 0.25) is 5.91 Å². The van der Waals surface area contributed by atoms with Crippen LogP contribution in [0.15, 0.2) is 53.2 Å². The standard InChI is InChI=1S/C25H28N4O4S/c1-5-10-26-24(32)28-22(30)15-34-25-27-21(14-18-6-8-20(33-4)9-7-18)23(31)29(25)19-12-16(2)11-17(3)13-19/h6-9,11-14H,5,10,15H2,1-4H3,(H2,26,28,30,32)/b21-14-. The van der Waals surface area contributed by atoms with Crippen LogP contribution in [0.4, 0.5) is 10.5 Å². The Morgan fingerprint density at radius 1 is 1.12 bits per heavy atom. The molecule has 3 rings (SSSR count). The first-order valence-electron chi connectivity index (χ1n) is 10.9. The van der Waals surface area contributed by atoms with Crippen LogP contribution in [0.25, 0.3) is 6.08 Å². The third-order valence-corrected chi connectivity index (χ3v) is 5.77. The molecule has 2 N–H and O–H groups in total. The molecule has 0 saturated carbocycles. The van der Waals surface area contributed by atoms with Crippen molar-refractivity contribution in [2.75, 3.05) is 24.3 Å². The minimum absolute atomic E-state index is 0.0667. The summed E-state index contributed by atoms with van der Waals surface area (Å²) in [4.78, 5) is 43.4. The second kappa shape index (κ2) is 11.5. The number of anilines is 1. The van der Waals surface area contributed by atoms with Gasteiger partial charge in [-0.05, 0) is 67.3 Å². The summed E-state index contributed by atoms with van der Waals surface area (Å²) in [5.41, 5.74) is 3.74. The van der Waals surface area contributed by atoms with Crippen LogP contribution in [-0.2, 0) is 9.59 Å². The van der Waals surface area contributed by atoms with Gasteiger partial charge >= 0.3 is 6.03 Å². The molecule has 0 bridgehead atoms. The highest BCUT2D eigenvalue weighted by molar-refractivity contribution is 8.14. The van der Waals surface area contributed by atoms with Crippen molar-refractivity contribution in [3.8, 4) is 5.75 Å². The number of hydrogen-bond donors (Lipinski definition) is 2. The van der Waals surface area contributed by atoms with E-state index in [9.17, 15) is 14.4 Å². The molecule has 1 aliphatic rings. The Balaban J connectivity index is 1.85. The lowest BCUT2D eigenvalue weighted by Crippen LogP contribution is -2.41. The lowest BCUT2D eigenvalue weighted by molar-refractivity contribution is -0.117. The molecule has 34 heavy (non-hydrogen) atoms. The van der Waals surface area contributed by atoms with Gasteiger partial charge in [-0.2, -0.15) is 0 Å². The lowest BCUT2D eigenvalue weighted by atomic mass is 10.1. The average molecular weight is 481 g/mol. The quantitative estimate of drug-likeness (QED) is 0.583. The zero-order valence-electron chi connectivity index (χ0n) is 19.7. The Morgan fingerprint density at radius 3 is 2.41 bits per heavy atom. The van der Waals surface area contributed by atoms with Gasteiger partial charge in [-0.15, -0.1) is 0 Å². The van der Waals surface area contributed by atoms with E-state index >= 15 is 0 Å². The van der Waals surface area contributed by atoms with Crippen molar-refractivity contribution in [3.63, 3.8) is 0 Å². The number of carbonyl (C=O) groups is 3. The number of methoxy groups -OCH3 is 1. The highest BCUT2D eigenvalue weighted by Crippen LogP contribution is 2.31. The number of nitrogens with zero attached hydrogens (tertiary/aromatic N) is 2. The summed E-state index contributed by atoms with van der Waals surface area (Å²) in [5.74, 6) is -0.111. The molecule has 2 aromatic rings. The first-order valence-corrected chi connectivity index (χ1v) is 11.9. The van der Waals surface area contributed by atoms with Crippen LogP contribution in [0.3, 0.4) is 0 Å². The Labute approximate surface area is 203 Å². The largest absolute Gasteiger partial charge is 0.497 e. The Hall–Kier alpha value is -3.59. The minimum atomic E-state index is -0.539. The molecule has 9 heteroatoms. The molecule has 0 atom stereocenters. The second-order valence-corrected chi connectivity index (χ2v) is 8.72. The summed E-state index contributed by atoms with van der Waals surface area (Å²) in [7, 11) is 1.59. The first-order chi connectivity index (χ1) is 16.3. The van der Waals surface area contributed by atoms with Crippen LogP contribution in [0, 0.1) is 13.8 Å². The number of aliphatic imine (C=N–C) groups is 1. The number of rotatable bonds is 7. The predicted octanol–water partition coefficient (Wildman–Crippen LogP) is 4.02. The smallest absolute Gasteiger partial charge is 0.321 e. The van der Waals surface area contributed by atoms with Crippen molar-refractivity contribution in [3.05, 3.63) is 64.9 Å². The summed E-state index contributed by atoms with van der Waals surface area (Å²) in [6.45, 7) is 6.31. The van der Waals surface area contributed by atoms with Gasteiger partial charge in [0.25, 0.3) is 5.91 Å². The van der Waals surface area contributed by atoms with E-state index in [1.165, 1.54) is 4.90 Å². The summed E-state index contributed by atoms with van der Waals surface area (Å²) in [6, 6.07) is 12.6. The van der Waals surface area contributed by atoms with Crippen LogP contribution in [-0.4, -0.2) is 42.4 Å². The Morgan fingerprint density at radius 2 is 1.79 bits per heavy atom. The molecule has 8 nitrogen and oxygen atoms in total. The molecule has 0 aliphatic carbocycles. The maximum Gasteiger partial charge on any atom is 0.321 e. The van der Waals surface area contributed by atoms with Crippen molar-refractivity contribution in [1.82, 2.24) is 10.6 Å². The second-order valence-electron chi connectivity index (χ2n) is 7.78. The van der Waals surface area contributed by atoms with Gasteiger partial charge < -0.3 is 10.1 Å². The molecule has 0 aromatic heterocycles. The number of ether oxygens (including phenoxy) is 1. The van der Waals surface area contributed by atoms with E-state index in [-0.39, 0.29) is 17.4 Å². The monoisotopic (exact) mass is 480 g/mol. The van der Waals surface area contributed by atoms with E-state index in [0.717, 1.165) is 34.9 Å². The number of thioether (sulfide) groups is 1. The van der Waals surface area contributed by atoms with Crippen molar-refractivity contribution < 1.29 is 19.1 Å². The van der Waals surface area contributed by atoms with E-state index < -0.39 is 11.9 Å². The zero-order chi connectivity index (χ0) is 24.7. The highest BCUT2D eigenvalue weighted by Gasteiger charge is 2.32. The van der Waals surface area contributed by atoms with Gasteiger partial charge in [0.15, 0.2) is 5.17 Å². The molecular formula is C25H28N4O4S. The molecule has 0 radical (unpaired) electrons. The minimum Gasteiger partial charge on any atom is -0.497 e. The van der Waals surface area contributed by atoms with Gasteiger partial charge in [0.05, 0.1) is 18.6 Å². The number of amides is 4. The summed E-state index contributed by atoms with van der Waals surface area (Å²) in [6.07, 6.45) is 2.46.